The van der Waals surface area contributed by atoms with Crippen molar-refractivity contribution in [1.29, 1.82) is 0 Å². The fourth-order valence-corrected chi connectivity index (χ4v) is 2.20. The van der Waals surface area contributed by atoms with Gasteiger partial charge in [0.2, 0.25) is 11.8 Å². The monoisotopic (exact) mass is 282 g/mol. The minimum atomic E-state index is -0.394. The number of carbonyl (C=O) groups is 2. The van der Waals surface area contributed by atoms with Gasteiger partial charge in [0.1, 0.15) is 0 Å². The van der Waals surface area contributed by atoms with E-state index in [1.807, 2.05) is 30.3 Å². The van der Waals surface area contributed by atoms with E-state index in [1.165, 1.54) is 11.8 Å². The predicted molar refractivity (Wildman–Crippen MR) is 75.5 cm³/mol. The predicted octanol–water partition coefficient (Wildman–Crippen LogP) is 0.445. The summed E-state index contributed by atoms with van der Waals surface area (Å²) in [5.74, 6) is 0.208. The first-order chi connectivity index (χ1) is 9.13. The van der Waals surface area contributed by atoms with E-state index in [-0.39, 0.29) is 24.2 Å². The Morgan fingerprint density at radius 3 is 2.58 bits per heavy atom. The topological polar surface area (TPSA) is 92.4 Å². The van der Waals surface area contributed by atoms with Crippen LogP contribution in [0, 0.1) is 0 Å². The molecule has 0 unspecified atom stereocenters. The lowest BCUT2D eigenvalue weighted by atomic mass is 10.1. The Bertz CT molecular complexity index is 412. The lowest BCUT2D eigenvalue weighted by Gasteiger charge is -2.16. The summed E-state index contributed by atoms with van der Waals surface area (Å²) < 4.78 is 0. The highest BCUT2D eigenvalue weighted by atomic mass is 32.2. The second-order valence-electron chi connectivity index (χ2n) is 3.98. The van der Waals surface area contributed by atoms with Crippen molar-refractivity contribution in [2.45, 2.75) is 12.5 Å². The van der Waals surface area contributed by atoms with E-state index in [4.69, 9.17) is 5.73 Å². The smallest absolute Gasteiger partial charge is 0.227 e. The van der Waals surface area contributed by atoms with Crippen LogP contribution in [0.2, 0.25) is 0 Å². The van der Waals surface area contributed by atoms with E-state index in [0.29, 0.717) is 12.2 Å². The van der Waals surface area contributed by atoms with E-state index in [1.54, 1.807) is 0 Å². The lowest BCUT2D eigenvalue weighted by Crippen LogP contribution is -2.31. The van der Waals surface area contributed by atoms with Crippen molar-refractivity contribution in [2.75, 3.05) is 18.1 Å². The molecule has 1 aromatic carbocycles. The highest BCUT2D eigenvalue weighted by Gasteiger charge is 2.12. The average Bonchev–Trinajstić information content (AvgIpc) is 2.41. The first-order valence-electron chi connectivity index (χ1n) is 5.94. The number of thioether (sulfide) groups is 1. The molecule has 4 N–H and O–H groups in total. The van der Waals surface area contributed by atoms with Crippen LogP contribution in [0.4, 0.5) is 0 Å². The Morgan fingerprint density at radius 2 is 2.00 bits per heavy atom. The van der Waals surface area contributed by atoms with E-state index < -0.39 is 6.04 Å². The molecule has 0 aliphatic carbocycles. The molecule has 0 aliphatic rings. The average molecular weight is 282 g/mol. The molecule has 1 rings (SSSR count). The maximum absolute atomic E-state index is 11.7. The molecule has 5 nitrogen and oxygen atoms in total. The molecule has 0 bridgehead atoms. The van der Waals surface area contributed by atoms with Crippen LogP contribution >= 0.6 is 11.8 Å². The van der Waals surface area contributed by atoms with Gasteiger partial charge in [-0.3, -0.25) is 9.59 Å². The van der Waals surface area contributed by atoms with Gasteiger partial charge in [-0.1, -0.05) is 30.3 Å². The molecule has 2 amide bonds. The van der Waals surface area contributed by atoms with Crippen molar-refractivity contribution < 1.29 is 14.7 Å². The summed E-state index contributed by atoms with van der Waals surface area (Å²) >= 11 is 1.32. The summed E-state index contributed by atoms with van der Waals surface area (Å²) in [5.41, 5.74) is 5.86. The maximum Gasteiger partial charge on any atom is 0.227 e. The second-order valence-corrected chi connectivity index (χ2v) is 5.09. The zero-order chi connectivity index (χ0) is 14.1. The molecule has 1 aromatic rings. The van der Waals surface area contributed by atoms with Crippen molar-refractivity contribution >= 4 is 23.6 Å². The summed E-state index contributed by atoms with van der Waals surface area (Å²) in [4.78, 5) is 22.2. The van der Waals surface area contributed by atoms with Gasteiger partial charge in [-0.2, -0.15) is 11.8 Å². The van der Waals surface area contributed by atoms with Gasteiger partial charge >= 0.3 is 0 Å². The molecule has 1 atom stereocenters. The zero-order valence-electron chi connectivity index (χ0n) is 10.5. The molecule has 0 heterocycles. The number of carbonyl (C=O) groups excluding carboxylic acids is 2. The van der Waals surface area contributed by atoms with Crippen LogP contribution in [0.5, 0.6) is 0 Å². The standard InChI is InChI=1S/C13H18N2O3S/c14-12(17)9-19-7-6-13(18)15-11(8-16)10-4-2-1-3-5-10/h1-5,11,16H,6-9H2,(H2,14,17)(H,15,18)/t11-/m1/s1. The summed E-state index contributed by atoms with van der Waals surface area (Å²) in [6.45, 7) is -0.149. The van der Waals surface area contributed by atoms with Crippen LogP contribution < -0.4 is 11.1 Å². The number of aliphatic hydroxyl groups is 1. The Hall–Kier alpha value is -1.53. The van der Waals surface area contributed by atoms with Gasteiger partial charge in [0.05, 0.1) is 18.4 Å². The Kier molecular flexibility index (Phi) is 6.99. The molecule has 6 heteroatoms. The van der Waals surface area contributed by atoms with Gasteiger partial charge in [-0.05, 0) is 5.56 Å². The second kappa shape index (κ2) is 8.55. The largest absolute Gasteiger partial charge is 0.394 e. The van der Waals surface area contributed by atoms with Crippen LogP contribution in [-0.2, 0) is 9.59 Å². The van der Waals surface area contributed by atoms with Crippen LogP contribution in [0.1, 0.15) is 18.0 Å². The van der Waals surface area contributed by atoms with Gasteiger partial charge in [-0.25, -0.2) is 0 Å². The summed E-state index contributed by atoms with van der Waals surface area (Å²) in [7, 11) is 0. The number of nitrogens with one attached hydrogen (secondary N) is 1. The minimum absolute atomic E-state index is 0.149. The third-order valence-electron chi connectivity index (χ3n) is 2.44. The number of hydrogen-bond acceptors (Lipinski definition) is 4. The van der Waals surface area contributed by atoms with Crippen LogP contribution in [-0.4, -0.2) is 35.0 Å². The third kappa shape index (κ3) is 6.26. The van der Waals surface area contributed by atoms with Gasteiger partial charge < -0.3 is 16.2 Å². The maximum atomic E-state index is 11.7. The van der Waals surface area contributed by atoms with Gasteiger partial charge in [-0.15, -0.1) is 0 Å². The van der Waals surface area contributed by atoms with Crippen molar-refractivity contribution in [3.05, 3.63) is 35.9 Å². The van der Waals surface area contributed by atoms with Crippen LogP contribution in [0.25, 0.3) is 0 Å². The summed E-state index contributed by atoms with van der Waals surface area (Å²) in [6.07, 6.45) is 0.293. The van der Waals surface area contributed by atoms with Crippen LogP contribution in [0.15, 0.2) is 30.3 Å². The quantitative estimate of drug-likeness (QED) is 0.603. The van der Waals surface area contributed by atoms with Gasteiger partial charge in [0.15, 0.2) is 0 Å². The Labute approximate surface area is 116 Å². The molecule has 0 saturated carbocycles. The Morgan fingerprint density at radius 1 is 1.32 bits per heavy atom. The molecule has 0 radical (unpaired) electrons. The lowest BCUT2D eigenvalue weighted by molar-refractivity contribution is -0.121. The number of amides is 2. The van der Waals surface area contributed by atoms with E-state index in [9.17, 15) is 14.7 Å². The van der Waals surface area contributed by atoms with E-state index in [0.717, 1.165) is 5.56 Å². The fraction of sp³-hybridized carbons (Fsp3) is 0.385. The fourth-order valence-electron chi connectivity index (χ4n) is 1.52. The third-order valence-corrected chi connectivity index (χ3v) is 3.42. The first kappa shape index (κ1) is 15.5. The number of aliphatic hydroxyl groups excluding tert-OH is 1. The van der Waals surface area contributed by atoms with Crippen molar-refractivity contribution in [3.8, 4) is 0 Å². The number of nitrogens with two attached hydrogens (primary N) is 1. The molecule has 104 valence electrons. The Balaban J connectivity index is 2.35. The van der Waals surface area contributed by atoms with Gasteiger partial charge in [0, 0.05) is 12.2 Å². The van der Waals surface area contributed by atoms with Crippen molar-refractivity contribution in [1.82, 2.24) is 5.32 Å². The van der Waals surface area contributed by atoms with E-state index in [2.05, 4.69) is 5.32 Å². The number of hydrogen-bond donors (Lipinski definition) is 3. The highest BCUT2D eigenvalue weighted by Crippen LogP contribution is 2.12. The first-order valence-corrected chi connectivity index (χ1v) is 7.10. The molecular formula is C13H18N2O3S. The SMILES string of the molecule is NC(=O)CSCCC(=O)N[C@H](CO)c1ccccc1. The molecule has 0 aromatic heterocycles. The summed E-state index contributed by atoms with van der Waals surface area (Å²) in [5, 5.41) is 12.0. The molecule has 0 aliphatic heterocycles. The molecule has 0 fully saturated rings. The van der Waals surface area contributed by atoms with E-state index >= 15 is 0 Å². The van der Waals surface area contributed by atoms with Gasteiger partial charge in [0.25, 0.3) is 0 Å². The molecule has 0 saturated heterocycles. The number of rotatable bonds is 8. The molecule has 19 heavy (non-hydrogen) atoms. The zero-order valence-corrected chi connectivity index (χ0v) is 11.4. The van der Waals surface area contributed by atoms with Crippen molar-refractivity contribution in [2.24, 2.45) is 5.73 Å². The number of primary amides is 1. The minimum Gasteiger partial charge on any atom is -0.394 e. The van der Waals surface area contributed by atoms with Crippen molar-refractivity contribution in [3.63, 3.8) is 0 Å². The summed E-state index contributed by atoms with van der Waals surface area (Å²) in [6, 6.07) is 8.89. The molecular weight excluding hydrogens is 264 g/mol. The normalized spacial score (nSPS) is 11.8. The highest BCUT2D eigenvalue weighted by molar-refractivity contribution is 7.99. The number of benzene rings is 1. The molecule has 0 spiro atoms. The van der Waals surface area contributed by atoms with Crippen LogP contribution in [0.3, 0.4) is 0 Å².